The molecule has 0 N–H and O–H groups in total. The van der Waals surface area contributed by atoms with Gasteiger partial charge in [-0.1, -0.05) is 0 Å². The molecule has 3 nitrogen and oxygen atoms in total. The van der Waals surface area contributed by atoms with Gasteiger partial charge in [0.1, 0.15) is 0 Å². The first-order chi connectivity index (χ1) is 6.30. The Balaban J connectivity index is 1.95. The molecule has 2 unspecified atom stereocenters. The fraction of sp³-hybridized carbons (Fsp3) is 0.900. The molecule has 4 fully saturated rings. The van der Waals surface area contributed by atoms with Gasteiger partial charge in [0, 0.05) is 12.8 Å². The van der Waals surface area contributed by atoms with Gasteiger partial charge in [0.15, 0.2) is 5.72 Å². The van der Waals surface area contributed by atoms with Crippen LogP contribution in [0.25, 0.3) is 0 Å². The van der Waals surface area contributed by atoms with E-state index in [4.69, 9.17) is 4.74 Å². The maximum atomic E-state index is 10.3. The van der Waals surface area contributed by atoms with E-state index in [1.807, 2.05) is 0 Å². The van der Waals surface area contributed by atoms with E-state index in [-0.39, 0.29) is 0 Å². The predicted molar refractivity (Wildman–Crippen MR) is 45.8 cm³/mol. The Labute approximate surface area is 77.2 Å². The summed E-state index contributed by atoms with van der Waals surface area (Å²) >= 11 is 0. The summed E-state index contributed by atoms with van der Waals surface area (Å²) in [6.45, 7) is 0. The molecule has 2 atom stereocenters. The molecule has 13 heavy (non-hydrogen) atoms. The highest BCUT2D eigenvalue weighted by atomic mass is 16.5. The number of ether oxygens (including phenoxy) is 1. The van der Waals surface area contributed by atoms with Gasteiger partial charge in [-0.15, -0.1) is 0 Å². The third kappa shape index (κ3) is 1.07. The molecule has 3 heteroatoms. The lowest BCUT2D eigenvalue weighted by Gasteiger charge is -2.53. The Hall–Kier alpha value is -0.660. The van der Waals surface area contributed by atoms with Crippen molar-refractivity contribution in [1.82, 2.24) is 0 Å². The molecular formula is C10H13NO2. The van der Waals surface area contributed by atoms with Crippen molar-refractivity contribution in [3.05, 3.63) is 0 Å². The van der Waals surface area contributed by atoms with Crippen LogP contribution in [0.4, 0.5) is 0 Å². The molecule has 0 aromatic heterocycles. The molecule has 2 aliphatic heterocycles. The van der Waals surface area contributed by atoms with Gasteiger partial charge in [-0.25, -0.2) is 4.79 Å². The summed E-state index contributed by atoms with van der Waals surface area (Å²) in [6, 6.07) is 0. The van der Waals surface area contributed by atoms with E-state index >= 15 is 0 Å². The SMILES string of the molecule is O=C=NC12CC3CC(CC(C3)O1)C2. The van der Waals surface area contributed by atoms with Gasteiger partial charge in [-0.3, -0.25) is 0 Å². The summed E-state index contributed by atoms with van der Waals surface area (Å²) in [5.74, 6) is 1.51. The van der Waals surface area contributed by atoms with E-state index in [1.165, 1.54) is 19.3 Å². The van der Waals surface area contributed by atoms with Crippen LogP contribution in [0.15, 0.2) is 4.99 Å². The van der Waals surface area contributed by atoms with E-state index in [0.717, 1.165) is 24.7 Å². The van der Waals surface area contributed by atoms with Crippen molar-refractivity contribution in [3.8, 4) is 0 Å². The zero-order chi connectivity index (χ0) is 8.89. The second-order valence-electron chi connectivity index (χ2n) is 4.74. The minimum atomic E-state index is -0.448. The van der Waals surface area contributed by atoms with E-state index in [9.17, 15) is 4.79 Å². The molecule has 0 aromatic rings. The maximum Gasteiger partial charge on any atom is 0.237 e. The van der Waals surface area contributed by atoms with E-state index in [0.29, 0.717) is 6.10 Å². The van der Waals surface area contributed by atoms with E-state index < -0.39 is 5.72 Å². The largest absolute Gasteiger partial charge is 0.350 e. The van der Waals surface area contributed by atoms with Gasteiger partial charge in [-0.2, -0.15) is 4.99 Å². The number of nitrogens with zero attached hydrogens (tertiary/aromatic N) is 1. The molecule has 2 aliphatic carbocycles. The van der Waals surface area contributed by atoms with E-state index in [1.54, 1.807) is 6.08 Å². The van der Waals surface area contributed by atoms with Crippen molar-refractivity contribution in [3.63, 3.8) is 0 Å². The van der Waals surface area contributed by atoms with Crippen molar-refractivity contribution in [2.24, 2.45) is 16.8 Å². The van der Waals surface area contributed by atoms with Crippen molar-refractivity contribution in [1.29, 1.82) is 0 Å². The van der Waals surface area contributed by atoms with Crippen LogP contribution in [0.1, 0.15) is 32.1 Å². The van der Waals surface area contributed by atoms with Crippen molar-refractivity contribution in [2.75, 3.05) is 0 Å². The number of hydrogen-bond acceptors (Lipinski definition) is 3. The molecule has 2 heterocycles. The van der Waals surface area contributed by atoms with Crippen LogP contribution in [0, 0.1) is 11.8 Å². The molecule has 0 spiro atoms. The monoisotopic (exact) mass is 179 g/mol. The molecule has 70 valence electrons. The molecule has 4 rings (SSSR count). The average Bonchev–Trinajstić information content (AvgIpc) is 2.00. The fourth-order valence-electron chi connectivity index (χ4n) is 3.53. The van der Waals surface area contributed by atoms with Crippen LogP contribution in [0.3, 0.4) is 0 Å². The highest BCUT2D eigenvalue weighted by Crippen LogP contribution is 2.53. The second-order valence-corrected chi connectivity index (χ2v) is 4.74. The van der Waals surface area contributed by atoms with Crippen molar-refractivity contribution < 1.29 is 9.53 Å². The van der Waals surface area contributed by atoms with Crippen LogP contribution in [0.2, 0.25) is 0 Å². The second kappa shape index (κ2) is 2.43. The Bertz CT molecular complexity index is 245. The van der Waals surface area contributed by atoms with Gasteiger partial charge < -0.3 is 4.74 Å². The molecule has 0 radical (unpaired) electrons. The zero-order valence-electron chi connectivity index (χ0n) is 7.53. The quantitative estimate of drug-likeness (QED) is 0.453. The van der Waals surface area contributed by atoms with E-state index in [2.05, 4.69) is 4.99 Å². The van der Waals surface area contributed by atoms with Gasteiger partial charge in [0.05, 0.1) is 6.10 Å². The fourth-order valence-corrected chi connectivity index (χ4v) is 3.53. The molecule has 2 saturated heterocycles. The van der Waals surface area contributed by atoms with Crippen LogP contribution >= 0.6 is 0 Å². The molecular weight excluding hydrogens is 166 g/mol. The smallest absolute Gasteiger partial charge is 0.237 e. The van der Waals surface area contributed by atoms with Gasteiger partial charge >= 0.3 is 0 Å². The zero-order valence-corrected chi connectivity index (χ0v) is 7.53. The lowest BCUT2D eigenvalue weighted by molar-refractivity contribution is -0.215. The standard InChI is InChI=1S/C10H13NO2/c12-6-11-10-4-7-1-8(5-10)3-9(2-7)13-10/h7-9H,1-5H2. The van der Waals surface area contributed by atoms with Crippen LogP contribution in [-0.2, 0) is 9.53 Å². The highest BCUT2D eigenvalue weighted by molar-refractivity contribution is 5.34. The van der Waals surface area contributed by atoms with Gasteiger partial charge in [0.2, 0.25) is 6.08 Å². The summed E-state index contributed by atoms with van der Waals surface area (Å²) in [5.41, 5.74) is -0.448. The van der Waals surface area contributed by atoms with Crippen LogP contribution < -0.4 is 0 Å². The van der Waals surface area contributed by atoms with Crippen LogP contribution in [-0.4, -0.2) is 17.9 Å². The lowest BCUT2D eigenvalue weighted by atomic mass is 9.65. The summed E-state index contributed by atoms with van der Waals surface area (Å²) in [6.07, 6.45) is 7.66. The van der Waals surface area contributed by atoms with Gasteiger partial charge in [-0.05, 0) is 31.1 Å². The summed E-state index contributed by atoms with van der Waals surface area (Å²) < 4.78 is 5.82. The first-order valence-corrected chi connectivity index (χ1v) is 5.06. The number of rotatable bonds is 1. The number of aliphatic imine (C=N–C) groups is 1. The number of carbonyl (C=O) groups excluding carboxylic acids is 1. The molecule has 2 saturated carbocycles. The Morgan fingerprint density at radius 1 is 1.23 bits per heavy atom. The predicted octanol–water partition coefficient (Wildman–Crippen LogP) is 1.63. The molecule has 0 amide bonds. The molecule has 0 aromatic carbocycles. The Morgan fingerprint density at radius 3 is 2.46 bits per heavy atom. The third-order valence-electron chi connectivity index (χ3n) is 3.71. The summed E-state index contributed by atoms with van der Waals surface area (Å²) in [7, 11) is 0. The molecule has 4 bridgehead atoms. The third-order valence-corrected chi connectivity index (χ3v) is 3.71. The highest BCUT2D eigenvalue weighted by Gasteiger charge is 2.52. The minimum Gasteiger partial charge on any atom is -0.350 e. The first kappa shape index (κ1) is 7.72. The van der Waals surface area contributed by atoms with Crippen molar-refractivity contribution >= 4 is 6.08 Å². The normalized spacial score (nSPS) is 51.8. The first-order valence-electron chi connectivity index (χ1n) is 5.06. The summed E-state index contributed by atoms with van der Waals surface area (Å²) in [5, 5.41) is 0. The Morgan fingerprint density at radius 2 is 1.92 bits per heavy atom. The number of hydrogen-bond donors (Lipinski definition) is 0. The lowest BCUT2D eigenvalue weighted by Crippen LogP contribution is -2.53. The molecule has 4 aliphatic rings. The maximum absolute atomic E-state index is 10.3. The van der Waals surface area contributed by atoms with Gasteiger partial charge in [0.25, 0.3) is 0 Å². The number of isocyanates is 1. The Kier molecular flexibility index (Phi) is 1.44. The topological polar surface area (TPSA) is 38.7 Å². The minimum absolute atomic E-state index is 0.378. The van der Waals surface area contributed by atoms with Crippen LogP contribution in [0.5, 0.6) is 0 Å². The van der Waals surface area contributed by atoms with Crippen molar-refractivity contribution in [2.45, 2.75) is 43.9 Å². The average molecular weight is 179 g/mol. The summed E-state index contributed by atoms with van der Waals surface area (Å²) in [4.78, 5) is 14.2.